The van der Waals surface area contributed by atoms with Crippen LogP contribution in [0.4, 0.5) is 5.69 Å². The second kappa shape index (κ2) is 5.10. The first-order chi connectivity index (χ1) is 7.61. The highest BCUT2D eigenvalue weighted by Gasteiger charge is 2.14. The van der Waals surface area contributed by atoms with E-state index < -0.39 is 5.97 Å². The number of benzene rings is 1. The van der Waals surface area contributed by atoms with Crippen molar-refractivity contribution < 1.29 is 13.9 Å². The molecule has 2 rings (SSSR count). The number of anilines is 1. The van der Waals surface area contributed by atoms with Gasteiger partial charge in [0.25, 0.3) is 0 Å². The summed E-state index contributed by atoms with van der Waals surface area (Å²) in [4.78, 5) is 11.5. The fourth-order valence-corrected chi connectivity index (χ4v) is 1.66. The fourth-order valence-electron chi connectivity index (χ4n) is 1.66. The highest BCUT2D eigenvalue weighted by atomic mass is 35.5. The van der Waals surface area contributed by atoms with E-state index in [0.29, 0.717) is 17.9 Å². The van der Waals surface area contributed by atoms with E-state index in [1.54, 1.807) is 25.1 Å². The van der Waals surface area contributed by atoms with Gasteiger partial charge in [0.1, 0.15) is 5.58 Å². The molecule has 5 heteroatoms. The summed E-state index contributed by atoms with van der Waals surface area (Å²) in [5.41, 5.74) is 7.95. The number of nitrogen functional groups attached to an aromatic ring is 1. The number of rotatable bonds is 2. The van der Waals surface area contributed by atoms with Crippen molar-refractivity contribution in [2.75, 3.05) is 12.3 Å². The second-order valence-corrected chi connectivity index (χ2v) is 3.59. The maximum Gasteiger partial charge on any atom is 0.374 e. The molecule has 92 valence electrons. The van der Waals surface area contributed by atoms with E-state index >= 15 is 0 Å². The molecular weight excluding hydrogens is 242 g/mol. The van der Waals surface area contributed by atoms with Crippen molar-refractivity contribution in [2.24, 2.45) is 0 Å². The van der Waals surface area contributed by atoms with Crippen LogP contribution < -0.4 is 5.73 Å². The van der Waals surface area contributed by atoms with Crippen LogP contribution in [0.3, 0.4) is 0 Å². The van der Waals surface area contributed by atoms with Crippen molar-refractivity contribution in [2.45, 2.75) is 13.8 Å². The molecule has 1 heterocycles. The number of aryl methyl sites for hydroxylation is 1. The van der Waals surface area contributed by atoms with Crippen molar-refractivity contribution in [3.8, 4) is 0 Å². The molecule has 1 aromatic heterocycles. The van der Waals surface area contributed by atoms with E-state index in [9.17, 15) is 4.79 Å². The Bertz CT molecular complexity index is 548. The quantitative estimate of drug-likeness (QED) is 0.662. The molecule has 17 heavy (non-hydrogen) atoms. The molecule has 0 unspecified atom stereocenters. The predicted octanol–water partition coefficient (Wildman–Crippen LogP) is 2.92. The summed E-state index contributed by atoms with van der Waals surface area (Å²) >= 11 is 0. The third-order valence-corrected chi connectivity index (χ3v) is 2.30. The van der Waals surface area contributed by atoms with Gasteiger partial charge in [0.2, 0.25) is 5.76 Å². The van der Waals surface area contributed by atoms with E-state index in [0.717, 1.165) is 10.9 Å². The summed E-state index contributed by atoms with van der Waals surface area (Å²) in [5.74, 6) is -0.234. The average molecular weight is 256 g/mol. The van der Waals surface area contributed by atoms with Gasteiger partial charge >= 0.3 is 5.97 Å². The topological polar surface area (TPSA) is 65.5 Å². The van der Waals surface area contributed by atoms with E-state index in [1.807, 2.05) is 6.92 Å². The van der Waals surface area contributed by atoms with Gasteiger partial charge in [0, 0.05) is 11.1 Å². The summed E-state index contributed by atoms with van der Waals surface area (Å²) in [7, 11) is 0. The minimum absolute atomic E-state index is 0. The summed E-state index contributed by atoms with van der Waals surface area (Å²) in [5, 5.41) is 0.820. The third-order valence-electron chi connectivity index (χ3n) is 2.30. The molecule has 0 saturated carbocycles. The maximum absolute atomic E-state index is 11.5. The molecule has 0 aliphatic rings. The lowest BCUT2D eigenvalue weighted by molar-refractivity contribution is 0.0492. The number of carbonyl (C=O) groups excluding carboxylic acids is 1. The van der Waals surface area contributed by atoms with Crippen molar-refractivity contribution in [1.29, 1.82) is 0 Å². The molecule has 0 amide bonds. The van der Waals surface area contributed by atoms with Crippen LogP contribution in [0.25, 0.3) is 11.0 Å². The SMILES string of the molecule is CCOC(=O)c1cc2cc(N)cc(C)c2o1.Cl. The van der Waals surface area contributed by atoms with Crippen LogP contribution in [0.1, 0.15) is 23.0 Å². The Labute approximate surface area is 105 Å². The largest absolute Gasteiger partial charge is 0.460 e. The van der Waals surface area contributed by atoms with Crippen LogP contribution in [-0.2, 0) is 4.74 Å². The normalized spacial score (nSPS) is 10.0. The van der Waals surface area contributed by atoms with Gasteiger partial charge in [0.05, 0.1) is 6.61 Å². The van der Waals surface area contributed by atoms with Crippen molar-refractivity contribution >= 4 is 35.0 Å². The van der Waals surface area contributed by atoms with Crippen LogP contribution in [0.15, 0.2) is 22.6 Å². The van der Waals surface area contributed by atoms with Crippen LogP contribution >= 0.6 is 12.4 Å². The van der Waals surface area contributed by atoms with Gasteiger partial charge in [-0.1, -0.05) is 0 Å². The van der Waals surface area contributed by atoms with Crippen LogP contribution in [-0.4, -0.2) is 12.6 Å². The van der Waals surface area contributed by atoms with E-state index in [-0.39, 0.29) is 18.2 Å². The second-order valence-electron chi connectivity index (χ2n) is 3.59. The average Bonchev–Trinajstić information content (AvgIpc) is 2.62. The van der Waals surface area contributed by atoms with Gasteiger partial charge in [-0.3, -0.25) is 0 Å². The lowest BCUT2D eigenvalue weighted by atomic mass is 10.1. The van der Waals surface area contributed by atoms with Gasteiger partial charge in [0.15, 0.2) is 0 Å². The zero-order valence-electron chi connectivity index (χ0n) is 9.65. The number of carbonyl (C=O) groups is 1. The highest BCUT2D eigenvalue weighted by molar-refractivity contribution is 5.94. The molecule has 0 aliphatic heterocycles. The molecular formula is C12H14ClNO3. The number of ether oxygens (including phenoxy) is 1. The Morgan fingerprint density at radius 2 is 2.12 bits per heavy atom. The Morgan fingerprint density at radius 1 is 1.41 bits per heavy atom. The fraction of sp³-hybridized carbons (Fsp3) is 0.250. The first-order valence-electron chi connectivity index (χ1n) is 5.08. The molecule has 0 saturated heterocycles. The van der Waals surface area contributed by atoms with E-state index in [1.165, 1.54) is 0 Å². The number of hydrogen-bond donors (Lipinski definition) is 1. The predicted molar refractivity (Wildman–Crippen MR) is 68.6 cm³/mol. The Hall–Kier alpha value is -1.68. The minimum atomic E-state index is -0.448. The lowest BCUT2D eigenvalue weighted by Gasteiger charge is -1.97. The van der Waals surface area contributed by atoms with E-state index in [4.69, 9.17) is 14.9 Å². The van der Waals surface area contributed by atoms with Gasteiger partial charge in [-0.25, -0.2) is 4.79 Å². The minimum Gasteiger partial charge on any atom is -0.460 e. The van der Waals surface area contributed by atoms with Crippen LogP contribution in [0.5, 0.6) is 0 Å². The molecule has 2 N–H and O–H groups in total. The molecule has 0 bridgehead atoms. The number of nitrogens with two attached hydrogens (primary N) is 1. The van der Waals surface area contributed by atoms with Gasteiger partial charge in [-0.2, -0.15) is 0 Å². The molecule has 0 radical (unpaired) electrons. The van der Waals surface area contributed by atoms with Crippen molar-refractivity contribution in [1.82, 2.24) is 0 Å². The third kappa shape index (κ3) is 2.53. The number of furan rings is 1. The first kappa shape index (κ1) is 13.4. The van der Waals surface area contributed by atoms with Crippen LogP contribution in [0.2, 0.25) is 0 Å². The molecule has 0 aliphatic carbocycles. The smallest absolute Gasteiger partial charge is 0.374 e. The summed E-state index contributed by atoms with van der Waals surface area (Å²) in [6, 6.07) is 5.23. The molecule has 0 atom stereocenters. The highest BCUT2D eigenvalue weighted by Crippen LogP contribution is 2.25. The molecule has 0 fully saturated rings. The lowest BCUT2D eigenvalue weighted by Crippen LogP contribution is -2.02. The summed E-state index contributed by atoms with van der Waals surface area (Å²) in [6.45, 7) is 3.97. The van der Waals surface area contributed by atoms with E-state index in [2.05, 4.69) is 0 Å². The van der Waals surface area contributed by atoms with Crippen molar-refractivity contribution in [3.63, 3.8) is 0 Å². The maximum atomic E-state index is 11.5. The summed E-state index contributed by atoms with van der Waals surface area (Å²) < 4.78 is 10.3. The molecule has 1 aromatic carbocycles. The van der Waals surface area contributed by atoms with Gasteiger partial charge in [-0.15, -0.1) is 12.4 Å². The van der Waals surface area contributed by atoms with Crippen molar-refractivity contribution in [3.05, 3.63) is 29.5 Å². The van der Waals surface area contributed by atoms with Gasteiger partial charge < -0.3 is 14.9 Å². The molecule has 0 spiro atoms. The summed E-state index contributed by atoms with van der Waals surface area (Å²) in [6.07, 6.45) is 0. The first-order valence-corrected chi connectivity index (χ1v) is 5.08. The Morgan fingerprint density at radius 3 is 2.76 bits per heavy atom. The molecule has 2 aromatic rings. The van der Waals surface area contributed by atoms with Gasteiger partial charge in [-0.05, 0) is 37.6 Å². The zero-order valence-corrected chi connectivity index (χ0v) is 10.5. The number of fused-ring (bicyclic) bond motifs is 1. The molecule has 4 nitrogen and oxygen atoms in total. The number of hydrogen-bond acceptors (Lipinski definition) is 4. The Kier molecular flexibility index (Phi) is 4.02. The standard InChI is InChI=1S/C12H13NO3.ClH/c1-3-15-12(14)10-6-8-5-9(13)4-7(2)11(8)16-10;/h4-6H,3,13H2,1-2H3;1H. The Balaban J connectivity index is 0.00000144. The van der Waals surface area contributed by atoms with Crippen LogP contribution in [0, 0.1) is 6.92 Å². The zero-order chi connectivity index (χ0) is 11.7. The number of esters is 1. The number of halogens is 1. The monoisotopic (exact) mass is 255 g/mol.